The van der Waals surface area contributed by atoms with Crippen LogP contribution in [0.4, 0.5) is 10.1 Å². The molecule has 19 heavy (non-hydrogen) atoms. The normalized spacial score (nSPS) is 22.2. The molecule has 1 unspecified atom stereocenters. The molecule has 1 fully saturated rings. The van der Waals surface area contributed by atoms with Crippen LogP contribution in [-0.4, -0.2) is 29.6 Å². The van der Waals surface area contributed by atoms with E-state index in [9.17, 15) is 19.3 Å². The number of hydrogen-bond acceptors (Lipinski definition) is 4. The van der Waals surface area contributed by atoms with Crippen LogP contribution in [0.1, 0.15) is 23.7 Å². The number of carbonyl (C=O) groups is 1. The van der Waals surface area contributed by atoms with E-state index >= 15 is 0 Å². The number of nitro benzene ring substituents is 1. The van der Waals surface area contributed by atoms with Gasteiger partial charge in [0, 0.05) is 12.7 Å². The fraction of sp³-hybridized carbons (Fsp3) is 0.417. The van der Waals surface area contributed by atoms with Gasteiger partial charge >= 0.3 is 0 Å². The zero-order valence-corrected chi connectivity index (χ0v) is 10.3. The van der Waals surface area contributed by atoms with E-state index in [0.29, 0.717) is 19.6 Å². The summed E-state index contributed by atoms with van der Waals surface area (Å²) < 4.78 is 18.3. The average Bonchev–Trinajstić information content (AvgIpc) is 2.75. The van der Waals surface area contributed by atoms with Crippen molar-refractivity contribution < 1.29 is 18.8 Å². The highest BCUT2D eigenvalue weighted by Crippen LogP contribution is 2.22. The van der Waals surface area contributed by atoms with Crippen molar-refractivity contribution in [1.82, 2.24) is 5.32 Å². The molecule has 0 spiro atoms. The van der Waals surface area contributed by atoms with E-state index in [1.54, 1.807) is 6.92 Å². The van der Waals surface area contributed by atoms with Crippen molar-refractivity contribution in [3.63, 3.8) is 0 Å². The monoisotopic (exact) mass is 268 g/mol. The van der Waals surface area contributed by atoms with Gasteiger partial charge in [0.1, 0.15) is 11.4 Å². The zero-order chi connectivity index (χ0) is 14.0. The Labute approximate surface area is 108 Å². The molecule has 1 amide bonds. The lowest BCUT2D eigenvalue weighted by atomic mass is 10.0. The number of hydrogen-bond donors (Lipinski definition) is 1. The van der Waals surface area contributed by atoms with Gasteiger partial charge in [0.25, 0.3) is 11.6 Å². The number of rotatable bonds is 3. The fourth-order valence-corrected chi connectivity index (χ4v) is 1.96. The highest BCUT2D eigenvalue weighted by molar-refractivity contribution is 5.98. The number of carbonyl (C=O) groups excluding carboxylic acids is 1. The van der Waals surface area contributed by atoms with E-state index in [0.717, 1.165) is 18.2 Å². The Balaban J connectivity index is 2.27. The highest BCUT2D eigenvalue weighted by atomic mass is 19.1. The van der Waals surface area contributed by atoms with Crippen LogP contribution in [0.2, 0.25) is 0 Å². The first-order chi connectivity index (χ1) is 8.91. The van der Waals surface area contributed by atoms with Gasteiger partial charge in [-0.3, -0.25) is 14.9 Å². The summed E-state index contributed by atoms with van der Waals surface area (Å²) in [6, 6.07) is 2.81. The lowest BCUT2D eigenvalue weighted by Crippen LogP contribution is -2.46. The van der Waals surface area contributed by atoms with Gasteiger partial charge in [0.15, 0.2) is 0 Å². The minimum absolute atomic E-state index is 0.280. The molecule has 0 aliphatic carbocycles. The minimum Gasteiger partial charge on any atom is -0.379 e. The molecule has 1 aromatic carbocycles. The van der Waals surface area contributed by atoms with Crippen molar-refractivity contribution in [2.24, 2.45) is 0 Å². The molecule has 1 aliphatic rings. The van der Waals surface area contributed by atoms with Crippen molar-refractivity contribution in [1.29, 1.82) is 0 Å². The lowest BCUT2D eigenvalue weighted by molar-refractivity contribution is -0.385. The first kappa shape index (κ1) is 13.4. The summed E-state index contributed by atoms with van der Waals surface area (Å²) in [6.45, 7) is 2.63. The molecule has 1 atom stereocenters. The van der Waals surface area contributed by atoms with Crippen LogP contribution in [0.3, 0.4) is 0 Å². The second kappa shape index (κ2) is 4.93. The summed E-state index contributed by atoms with van der Waals surface area (Å²) in [5.74, 6) is -1.36. The van der Waals surface area contributed by atoms with Gasteiger partial charge in [-0.1, -0.05) is 0 Å². The molecule has 1 N–H and O–H groups in total. The van der Waals surface area contributed by atoms with Crippen LogP contribution in [-0.2, 0) is 4.74 Å². The Hall–Kier alpha value is -2.02. The lowest BCUT2D eigenvalue weighted by Gasteiger charge is -2.23. The molecule has 6 nitrogen and oxygen atoms in total. The van der Waals surface area contributed by atoms with Crippen molar-refractivity contribution in [3.8, 4) is 0 Å². The van der Waals surface area contributed by atoms with E-state index in [1.807, 2.05) is 0 Å². The number of benzene rings is 1. The summed E-state index contributed by atoms with van der Waals surface area (Å²) in [5.41, 5.74) is -1.27. The number of nitrogens with one attached hydrogen (secondary N) is 1. The van der Waals surface area contributed by atoms with Gasteiger partial charge in [-0.15, -0.1) is 0 Å². The van der Waals surface area contributed by atoms with Crippen molar-refractivity contribution in [2.75, 3.05) is 13.2 Å². The van der Waals surface area contributed by atoms with Crippen LogP contribution in [0.15, 0.2) is 18.2 Å². The molecule has 1 heterocycles. The second-order valence-corrected chi connectivity index (χ2v) is 4.74. The molecule has 1 saturated heterocycles. The van der Waals surface area contributed by atoms with Gasteiger partial charge in [-0.25, -0.2) is 4.39 Å². The maximum atomic E-state index is 13.2. The third kappa shape index (κ3) is 2.87. The molecule has 1 aliphatic heterocycles. The third-order valence-electron chi connectivity index (χ3n) is 3.03. The largest absolute Gasteiger partial charge is 0.379 e. The first-order valence-electron chi connectivity index (χ1n) is 5.75. The summed E-state index contributed by atoms with van der Waals surface area (Å²) in [5, 5.41) is 13.5. The summed E-state index contributed by atoms with van der Waals surface area (Å²) in [4.78, 5) is 22.2. The van der Waals surface area contributed by atoms with Gasteiger partial charge in [-0.2, -0.15) is 0 Å². The predicted octanol–water partition coefficient (Wildman–Crippen LogP) is 1.64. The molecule has 0 bridgehead atoms. The maximum Gasteiger partial charge on any atom is 0.282 e. The average molecular weight is 268 g/mol. The smallest absolute Gasteiger partial charge is 0.282 e. The van der Waals surface area contributed by atoms with Crippen LogP contribution in [0.25, 0.3) is 0 Å². The minimum atomic E-state index is -0.707. The van der Waals surface area contributed by atoms with Gasteiger partial charge in [0.05, 0.1) is 17.1 Å². The van der Waals surface area contributed by atoms with Crippen LogP contribution in [0, 0.1) is 15.9 Å². The number of nitro groups is 1. The van der Waals surface area contributed by atoms with Crippen LogP contribution in [0.5, 0.6) is 0 Å². The van der Waals surface area contributed by atoms with E-state index in [2.05, 4.69) is 5.32 Å². The number of nitrogens with zero attached hydrogens (tertiary/aromatic N) is 1. The Morgan fingerprint density at radius 1 is 1.58 bits per heavy atom. The molecule has 102 valence electrons. The molecule has 0 radical (unpaired) electrons. The molecule has 1 aromatic rings. The SMILES string of the molecule is CC1(NC(=O)c2cc(F)ccc2[N+](=O)[O-])CCOC1. The number of ether oxygens (including phenoxy) is 1. The molecular formula is C12H13FN2O4. The fourth-order valence-electron chi connectivity index (χ4n) is 1.96. The predicted molar refractivity (Wildman–Crippen MR) is 64.4 cm³/mol. The summed E-state index contributed by atoms with van der Waals surface area (Å²) >= 11 is 0. The molecular weight excluding hydrogens is 255 g/mol. The van der Waals surface area contributed by atoms with Crippen molar-refractivity contribution >= 4 is 11.6 Å². The van der Waals surface area contributed by atoms with Crippen LogP contribution < -0.4 is 5.32 Å². The van der Waals surface area contributed by atoms with Crippen molar-refractivity contribution in [3.05, 3.63) is 39.7 Å². The first-order valence-corrected chi connectivity index (χ1v) is 5.75. The van der Waals surface area contributed by atoms with E-state index in [1.165, 1.54) is 0 Å². The van der Waals surface area contributed by atoms with Gasteiger partial charge in [-0.05, 0) is 25.5 Å². The summed E-state index contributed by atoms with van der Waals surface area (Å²) in [7, 11) is 0. The Morgan fingerprint density at radius 3 is 2.89 bits per heavy atom. The van der Waals surface area contributed by atoms with E-state index < -0.39 is 27.9 Å². The van der Waals surface area contributed by atoms with Crippen LogP contribution >= 0.6 is 0 Å². The highest BCUT2D eigenvalue weighted by Gasteiger charge is 2.33. The maximum absolute atomic E-state index is 13.2. The van der Waals surface area contributed by atoms with Crippen molar-refractivity contribution in [2.45, 2.75) is 18.9 Å². The van der Waals surface area contributed by atoms with E-state index in [4.69, 9.17) is 4.74 Å². The Morgan fingerprint density at radius 2 is 2.32 bits per heavy atom. The quantitative estimate of drug-likeness (QED) is 0.667. The number of halogens is 1. The second-order valence-electron chi connectivity index (χ2n) is 4.74. The Bertz CT molecular complexity index is 526. The zero-order valence-electron chi connectivity index (χ0n) is 10.3. The summed E-state index contributed by atoms with van der Waals surface area (Å²) in [6.07, 6.45) is 0.613. The number of amides is 1. The third-order valence-corrected chi connectivity index (χ3v) is 3.03. The molecule has 0 aromatic heterocycles. The molecule has 0 saturated carbocycles. The van der Waals surface area contributed by atoms with Gasteiger partial charge < -0.3 is 10.1 Å². The standard InChI is InChI=1S/C12H13FN2O4/c1-12(4-5-19-7-12)14-11(16)9-6-8(13)2-3-10(9)15(17)18/h2-3,6H,4-5,7H2,1H3,(H,14,16). The van der Waals surface area contributed by atoms with Gasteiger partial charge in [0.2, 0.25) is 0 Å². The topological polar surface area (TPSA) is 81.5 Å². The Kier molecular flexibility index (Phi) is 3.48. The van der Waals surface area contributed by atoms with E-state index in [-0.39, 0.29) is 5.56 Å². The molecule has 7 heteroatoms. The molecule has 2 rings (SSSR count).